The van der Waals surface area contributed by atoms with Crippen LogP contribution >= 0.6 is 0 Å². The summed E-state index contributed by atoms with van der Waals surface area (Å²) in [5.41, 5.74) is 4.41. The molecule has 0 saturated heterocycles. The van der Waals surface area contributed by atoms with E-state index in [1.807, 2.05) is 38.2 Å². The monoisotopic (exact) mass is 238 g/mol. The van der Waals surface area contributed by atoms with Crippen LogP contribution in [-0.2, 0) is 0 Å². The molecule has 0 unspecified atom stereocenters. The van der Waals surface area contributed by atoms with Gasteiger partial charge in [-0.2, -0.15) is 0 Å². The summed E-state index contributed by atoms with van der Waals surface area (Å²) in [6.07, 6.45) is 4.11. The van der Waals surface area contributed by atoms with Gasteiger partial charge in [0, 0.05) is 18.0 Å². The molecule has 0 bridgehead atoms. The predicted octanol–water partition coefficient (Wildman–Crippen LogP) is 4.34. The lowest BCUT2D eigenvalue weighted by Gasteiger charge is -1.92. The van der Waals surface area contributed by atoms with Crippen LogP contribution in [-0.4, -0.2) is 9.38 Å². The Kier molecular flexibility index (Phi) is 3.78. The SMILES string of the molecule is CC.Cc1ccn2cc(-c3ccccc3)nc2c1. The first kappa shape index (κ1) is 12.4. The highest BCUT2D eigenvalue weighted by molar-refractivity contribution is 5.62. The van der Waals surface area contributed by atoms with Crippen LogP contribution in [0.1, 0.15) is 19.4 Å². The summed E-state index contributed by atoms with van der Waals surface area (Å²) in [5, 5.41) is 0. The molecule has 2 heterocycles. The Balaban J connectivity index is 0.000000574. The summed E-state index contributed by atoms with van der Waals surface area (Å²) in [6, 6.07) is 14.4. The molecule has 0 aliphatic heterocycles. The fraction of sp³-hybridized carbons (Fsp3) is 0.188. The molecule has 0 amide bonds. The van der Waals surface area contributed by atoms with Crippen LogP contribution in [0.15, 0.2) is 54.9 Å². The molecule has 0 spiro atoms. The topological polar surface area (TPSA) is 17.3 Å². The average Bonchev–Trinajstić information content (AvgIpc) is 2.85. The van der Waals surface area contributed by atoms with Crippen molar-refractivity contribution in [2.24, 2.45) is 0 Å². The van der Waals surface area contributed by atoms with Gasteiger partial charge in [-0.05, 0) is 24.6 Å². The van der Waals surface area contributed by atoms with E-state index in [0.29, 0.717) is 0 Å². The Bertz CT molecular complexity index is 624. The van der Waals surface area contributed by atoms with E-state index in [9.17, 15) is 0 Å². The normalized spacial score (nSPS) is 9.94. The minimum Gasteiger partial charge on any atom is -0.306 e. The Morgan fingerprint density at radius 2 is 1.72 bits per heavy atom. The van der Waals surface area contributed by atoms with E-state index in [2.05, 4.69) is 46.8 Å². The summed E-state index contributed by atoms with van der Waals surface area (Å²) < 4.78 is 2.05. The molecule has 1 aromatic carbocycles. The van der Waals surface area contributed by atoms with Gasteiger partial charge < -0.3 is 4.40 Å². The highest BCUT2D eigenvalue weighted by atomic mass is 15.0. The number of nitrogens with zero attached hydrogens (tertiary/aromatic N) is 2. The second-order valence-electron chi connectivity index (χ2n) is 3.96. The first-order valence-corrected chi connectivity index (χ1v) is 6.34. The molecule has 0 aliphatic rings. The van der Waals surface area contributed by atoms with Gasteiger partial charge in [0.1, 0.15) is 5.65 Å². The van der Waals surface area contributed by atoms with E-state index in [0.717, 1.165) is 16.9 Å². The lowest BCUT2D eigenvalue weighted by Crippen LogP contribution is -1.81. The van der Waals surface area contributed by atoms with Crippen LogP contribution in [0.5, 0.6) is 0 Å². The van der Waals surface area contributed by atoms with E-state index in [1.165, 1.54) is 5.56 Å². The lowest BCUT2D eigenvalue weighted by atomic mass is 10.2. The number of aryl methyl sites for hydroxylation is 1. The van der Waals surface area contributed by atoms with Crippen molar-refractivity contribution in [3.63, 3.8) is 0 Å². The molecule has 0 atom stereocenters. The molecule has 0 fully saturated rings. The average molecular weight is 238 g/mol. The quantitative estimate of drug-likeness (QED) is 0.616. The standard InChI is InChI=1S/C14H12N2.C2H6/c1-11-7-8-16-10-13(15-14(16)9-11)12-5-3-2-4-6-12;1-2/h2-10H,1H3;1-2H3. The van der Waals surface area contributed by atoms with Crippen molar-refractivity contribution >= 4 is 5.65 Å². The number of hydrogen-bond acceptors (Lipinski definition) is 1. The molecule has 2 heteroatoms. The Labute approximate surface area is 108 Å². The van der Waals surface area contributed by atoms with Crippen LogP contribution in [0, 0.1) is 6.92 Å². The van der Waals surface area contributed by atoms with Gasteiger partial charge in [0.05, 0.1) is 5.69 Å². The van der Waals surface area contributed by atoms with Crippen molar-refractivity contribution in [3.8, 4) is 11.3 Å². The van der Waals surface area contributed by atoms with E-state index in [-0.39, 0.29) is 0 Å². The van der Waals surface area contributed by atoms with Crippen LogP contribution in [0.25, 0.3) is 16.9 Å². The van der Waals surface area contributed by atoms with Crippen molar-refractivity contribution in [1.29, 1.82) is 0 Å². The molecule has 0 saturated carbocycles. The first-order chi connectivity index (χ1) is 8.83. The predicted molar refractivity (Wildman–Crippen MR) is 76.7 cm³/mol. The van der Waals surface area contributed by atoms with Gasteiger partial charge in [-0.3, -0.25) is 0 Å². The number of pyridine rings is 1. The zero-order valence-corrected chi connectivity index (χ0v) is 11.1. The van der Waals surface area contributed by atoms with Gasteiger partial charge in [-0.15, -0.1) is 0 Å². The Hall–Kier alpha value is -2.09. The molecule has 3 aromatic rings. The van der Waals surface area contributed by atoms with Crippen molar-refractivity contribution in [2.75, 3.05) is 0 Å². The summed E-state index contributed by atoms with van der Waals surface area (Å²) in [6.45, 7) is 6.08. The molecule has 0 radical (unpaired) electrons. The van der Waals surface area contributed by atoms with E-state index in [4.69, 9.17) is 0 Å². The first-order valence-electron chi connectivity index (χ1n) is 6.34. The van der Waals surface area contributed by atoms with Crippen molar-refractivity contribution in [3.05, 3.63) is 60.4 Å². The number of benzene rings is 1. The Morgan fingerprint density at radius 3 is 2.44 bits per heavy atom. The summed E-state index contributed by atoms with van der Waals surface area (Å²) in [7, 11) is 0. The van der Waals surface area contributed by atoms with E-state index >= 15 is 0 Å². The van der Waals surface area contributed by atoms with E-state index in [1.54, 1.807) is 0 Å². The maximum atomic E-state index is 4.61. The van der Waals surface area contributed by atoms with Crippen LogP contribution in [0.2, 0.25) is 0 Å². The van der Waals surface area contributed by atoms with Crippen LogP contribution in [0.4, 0.5) is 0 Å². The smallest absolute Gasteiger partial charge is 0.137 e. The summed E-state index contributed by atoms with van der Waals surface area (Å²) >= 11 is 0. The second kappa shape index (κ2) is 5.50. The molecule has 2 nitrogen and oxygen atoms in total. The number of aromatic nitrogens is 2. The zero-order valence-electron chi connectivity index (χ0n) is 11.1. The third-order valence-corrected chi connectivity index (χ3v) is 2.69. The highest BCUT2D eigenvalue weighted by Gasteiger charge is 2.02. The third kappa shape index (κ3) is 2.43. The maximum Gasteiger partial charge on any atom is 0.137 e. The fourth-order valence-electron chi connectivity index (χ4n) is 1.83. The van der Waals surface area contributed by atoms with Gasteiger partial charge in [0.25, 0.3) is 0 Å². The van der Waals surface area contributed by atoms with Gasteiger partial charge in [0.15, 0.2) is 0 Å². The maximum absolute atomic E-state index is 4.61. The molecule has 0 N–H and O–H groups in total. The van der Waals surface area contributed by atoms with Crippen LogP contribution in [0.3, 0.4) is 0 Å². The number of rotatable bonds is 1. The van der Waals surface area contributed by atoms with Crippen molar-refractivity contribution in [2.45, 2.75) is 20.8 Å². The van der Waals surface area contributed by atoms with E-state index < -0.39 is 0 Å². The molecule has 3 rings (SSSR count). The summed E-state index contributed by atoms with van der Waals surface area (Å²) in [4.78, 5) is 4.61. The number of fused-ring (bicyclic) bond motifs is 1. The van der Waals surface area contributed by atoms with Gasteiger partial charge in [-0.25, -0.2) is 4.98 Å². The van der Waals surface area contributed by atoms with Gasteiger partial charge >= 0.3 is 0 Å². The molecular formula is C16H18N2. The van der Waals surface area contributed by atoms with Crippen LogP contribution < -0.4 is 0 Å². The van der Waals surface area contributed by atoms with Gasteiger partial charge in [0.2, 0.25) is 0 Å². The van der Waals surface area contributed by atoms with Gasteiger partial charge in [-0.1, -0.05) is 44.2 Å². The minimum atomic E-state index is 0.999. The third-order valence-electron chi connectivity index (χ3n) is 2.69. The molecule has 18 heavy (non-hydrogen) atoms. The van der Waals surface area contributed by atoms with Crippen molar-refractivity contribution < 1.29 is 0 Å². The Morgan fingerprint density at radius 1 is 1.00 bits per heavy atom. The number of imidazole rings is 1. The summed E-state index contributed by atoms with van der Waals surface area (Å²) in [5.74, 6) is 0. The van der Waals surface area contributed by atoms with Crippen molar-refractivity contribution in [1.82, 2.24) is 9.38 Å². The lowest BCUT2D eigenvalue weighted by molar-refractivity contribution is 1.17. The largest absolute Gasteiger partial charge is 0.306 e. The second-order valence-corrected chi connectivity index (χ2v) is 3.96. The minimum absolute atomic E-state index is 0.999. The molecular weight excluding hydrogens is 220 g/mol. The fourth-order valence-corrected chi connectivity index (χ4v) is 1.83. The number of hydrogen-bond donors (Lipinski definition) is 0. The molecule has 92 valence electrons. The zero-order chi connectivity index (χ0) is 13.0. The molecule has 2 aromatic heterocycles. The molecule has 0 aliphatic carbocycles. The highest BCUT2D eigenvalue weighted by Crippen LogP contribution is 2.18.